The number of hydrogen-bond donors (Lipinski definition) is 1. The van der Waals surface area contributed by atoms with Crippen LogP contribution >= 0.6 is 0 Å². The summed E-state index contributed by atoms with van der Waals surface area (Å²) in [7, 11) is -1.17. The monoisotopic (exact) mass is 243 g/mol. The molecule has 0 saturated heterocycles. The number of hydrogen-bond acceptors (Lipinski definition) is 2. The van der Waals surface area contributed by atoms with Gasteiger partial charge in [-0.15, -0.1) is 0 Å². The lowest BCUT2D eigenvalue weighted by Crippen LogP contribution is -2.02. The third kappa shape index (κ3) is 3.93. The van der Waals surface area contributed by atoms with Gasteiger partial charge in [0, 0.05) is 11.4 Å². The van der Waals surface area contributed by atoms with Crippen LogP contribution in [0.2, 0.25) is 0 Å². The predicted molar refractivity (Wildman–Crippen MR) is 66.2 cm³/mol. The highest BCUT2D eigenvalue weighted by Crippen LogP contribution is 2.18. The maximum Gasteiger partial charge on any atom is 0.124 e. The van der Waals surface area contributed by atoms with Gasteiger partial charge in [-0.05, 0) is 24.6 Å². The molecule has 0 bridgehead atoms. The summed E-state index contributed by atoms with van der Waals surface area (Å²) in [5, 5.41) is 0. The van der Waals surface area contributed by atoms with Crippen LogP contribution in [0.1, 0.15) is 32.6 Å². The molecule has 0 aromatic heterocycles. The highest BCUT2D eigenvalue weighted by Gasteiger charge is 2.08. The van der Waals surface area contributed by atoms with Crippen LogP contribution < -0.4 is 5.73 Å². The van der Waals surface area contributed by atoms with Crippen LogP contribution in [0.25, 0.3) is 0 Å². The lowest BCUT2D eigenvalue weighted by molar-refractivity contribution is 0.622. The molecule has 90 valence electrons. The maximum absolute atomic E-state index is 13.0. The van der Waals surface area contributed by atoms with Gasteiger partial charge in [0.2, 0.25) is 0 Å². The molecule has 0 aliphatic carbocycles. The van der Waals surface area contributed by atoms with Gasteiger partial charge in [-0.3, -0.25) is 4.21 Å². The van der Waals surface area contributed by atoms with E-state index in [1.165, 1.54) is 18.2 Å². The molecule has 0 spiro atoms. The van der Waals surface area contributed by atoms with Gasteiger partial charge in [-0.2, -0.15) is 0 Å². The van der Waals surface area contributed by atoms with Crippen molar-refractivity contribution in [2.75, 3.05) is 11.5 Å². The third-order valence-corrected chi connectivity index (χ3v) is 3.91. The zero-order chi connectivity index (χ0) is 12.0. The molecule has 0 fully saturated rings. The van der Waals surface area contributed by atoms with Gasteiger partial charge in [0.1, 0.15) is 5.82 Å². The van der Waals surface area contributed by atoms with Crippen molar-refractivity contribution in [2.45, 2.75) is 37.5 Å². The van der Waals surface area contributed by atoms with Crippen LogP contribution in [-0.2, 0) is 10.8 Å². The average Bonchev–Trinajstić information content (AvgIpc) is 2.27. The van der Waals surface area contributed by atoms with Crippen molar-refractivity contribution in [3.8, 4) is 0 Å². The summed E-state index contributed by atoms with van der Waals surface area (Å²) in [6.07, 6.45) is 4.26. The molecule has 1 aromatic rings. The van der Waals surface area contributed by atoms with Gasteiger partial charge in [-0.25, -0.2) is 4.39 Å². The Morgan fingerprint density at radius 3 is 2.75 bits per heavy atom. The molecular weight excluding hydrogens is 225 g/mol. The van der Waals surface area contributed by atoms with Crippen molar-refractivity contribution < 1.29 is 8.60 Å². The Hall–Kier alpha value is -0.900. The highest BCUT2D eigenvalue weighted by molar-refractivity contribution is 7.85. The normalized spacial score (nSPS) is 12.6. The molecule has 1 unspecified atom stereocenters. The quantitative estimate of drug-likeness (QED) is 0.616. The van der Waals surface area contributed by atoms with Crippen molar-refractivity contribution in [1.82, 2.24) is 0 Å². The summed E-state index contributed by atoms with van der Waals surface area (Å²) in [5.41, 5.74) is 6.07. The van der Waals surface area contributed by atoms with Crippen LogP contribution in [-0.4, -0.2) is 9.96 Å². The largest absolute Gasteiger partial charge is 0.398 e. The van der Waals surface area contributed by atoms with Crippen molar-refractivity contribution in [2.24, 2.45) is 0 Å². The molecule has 4 heteroatoms. The summed E-state index contributed by atoms with van der Waals surface area (Å²) >= 11 is 0. The predicted octanol–water partition coefficient (Wildman–Crippen LogP) is 3.10. The van der Waals surface area contributed by atoms with Gasteiger partial charge >= 0.3 is 0 Å². The Morgan fingerprint density at radius 2 is 2.06 bits per heavy atom. The van der Waals surface area contributed by atoms with Crippen molar-refractivity contribution in [3.05, 3.63) is 24.0 Å². The standard InChI is InChI=1S/C12H18FNOS/c1-2-3-4-5-8-16(15)12-9-10(13)6-7-11(12)14/h6-7,9H,2-5,8,14H2,1H3. The van der Waals surface area contributed by atoms with Crippen molar-refractivity contribution in [1.29, 1.82) is 0 Å². The average molecular weight is 243 g/mol. The van der Waals surface area contributed by atoms with Gasteiger partial charge in [0.25, 0.3) is 0 Å². The SMILES string of the molecule is CCCCCCS(=O)c1cc(F)ccc1N. The molecule has 2 nitrogen and oxygen atoms in total. The van der Waals surface area contributed by atoms with E-state index < -0.39 is 10.8 Å². The molecule has 2 N–H and O–H groups in total. The number of nitrogens with two attached hydrogens (primary N) is 1. The van der Waals surface area contributed by atoms with E-state index in [1.54, 1.807) is 0 Å². The first-order valence-corrected chi connectivity index (χ1v) is 6.90. The van der Waals surface area contributed by atoms with Gasteiger partial charge in [0.05, 0.1) is 15.7 Å². The molecule has 0 aliphatic rings. The molecule has 1 atom stereocenters. The lowest BCUT2D eigenvalue weighted by atomic mass is 10.2. The summed E-state index contributed by atoms with van der Waals surface area (Å²) in [5.74, 6) is 0.180. The first-order valence-electron chi connectivity index (χ1n) is 5.58. The van der Waals surface area contributed by atoms with E-state index in [-0.39, 0.29) is 5.82 Å². The van der Waals surface area contributed by atoms with Crippen LogP contribution in [0, 0.1) is 5.82 Å². The van der Waals surface area contributed by atoms with Crippen molar-refractivity contribution in [3.63, 3.8) is 0 Å². The highest BCUT2D eigenvalue weighted by atomic mass is 32.2. The Labute approximate surface area is 98.5 Å². The van der Waals surface area contributed by atoms with Crippen LogP contribution in [0.4, 0.5) is 10.1 Å². The molecule has 16 heavy (non-hydrogen) atoms. The minimum Gasteiger partial charge on any atom is -0.398 e. The Bertz CT molecular complexity index is 368. The molecule has 0 saturated carbocycles. The molecule has 0 amide bonds. The summed E-state index contributed by atoms with van der Waals surface area (Å²) < 4.78 is 24.8. The lowest BCUT2D eigenvalue weighted by Gasteiger charge is -2.05. The number of anilines is 1. The Balaban J connectivity index is 2.55. The minimum atomic E-state index is -1.17. The molecule has 0 radical (unpaired) electrons. The van der Waals surface area contributed by atoms with Crippen LogP contribution in [0.3, 0.4) is 0 Å². The molecule has 0 aliphatic heterocycles. The smallest absolute Gasteiger partial charge is 0.124 e. The summed E-state index contributed by atoms with van der Waals surface area (Å²) in [6.45, 7) is 2.13. The third-order valence-electron chi connectivity index (χ3n) is 2.40. The fourth-order valence-electron chi connectivity index (χ4n) is 1.48. The topological polar surface area (TPSA) is 43.1 Å². The van der Waals surface area contributed by atoms with E-state index in [0.717, 1.165) is 25.7 Å². The van der Waals surface area contributed by atoms with E-state index in [2.05, 4.69) is 6.92 Å². The molecule has 1 aromatic carbocycles. The van der Waals surface area contributed by atoms with Crippen molar-refractivity contribution >= 4 is 16.5 Å². The van der Waals surface area contributed by atoms with E-state index in [0.29, 0.717) is 16.3 Å². The van der Waals surface area contributed by atoms with E-state index in [4.69, 9.17) is 5.73 Å². The maximum atomic E-state index is 13.0. The van der Waals surface area contributed by atoms with Crippen LogP contribution in [0.15, 0.2) is 23.1 Å². The fraction of sp³-hybridized carbons (Fsp3) is 0.500. The first-order chi connectivity index (χ1) is 7.65. The van der Waals surface area contributed by atoms with E-state index in [1.807, 2.05) is 0 Å². The fourth-order valence-corrected chi connectivity index (χ4v) is 2.74. The number of rotatable bonds is 6. The second-order valence-electron chi connectivity index (χ2n) is 3.79. The molecule has 0 heterocycles. The minimum absolute atomic E-state index is 0.383. The Morgan fingerprint density at radius 1 is 1.31 bits per heavy atom. The van der Waals surface area contributed by atoms with Crippen LogP contribution in [0.5, 0.6) is 0 Å². The molecule has 1 rings (SSSR count). The first kappa shape index (κ1) is 13.2. The Kier molecular flexibility index (Phi) is 5.46. The zero-order valence-electron chi connectivity index (χ0n) is 9.54. The van der Waals surface area contributed by atoms with E-state index in [9.17, 15) is 8.60 Å². The summed E-state index contributed by atoms with van der Waals surface area (Å²) in [6, 6.07) is 4.02. The van der Waals surface area contributed by atoms with Gasteiger partial charge in [-0.1, -0.05) is 26.2 Å². The summed E-state index contributed by atoms with van der Waals surface area (Å²) in [4.78, 5) is 0.427. The second-order valence-corrected chi connectivity index (χ2v) is 5.33. The number of nitrogen functional groups attached to an aromatic ring is 1. The van der Waals surface area contributed by atoms with Gasteiger partial charge in [0.15, 0.2) is 0 Å². The number of unbranched alkanes of at least 4 members (excludes halogenated alkanes) is 3. The number of benzene rings is 1. The van der Waals surface area contributed by atoms with Gasteiger partial charge < -0.3 is 5.73 Å². The molecular formula is C12H18FNOS. The van der Waals surface area contributed by atoms with E-state index >= 15 is 0 Å². The number of halogens is 1. The second kappa shape index (κ2) is 6.63. The zero-order valence-corrected chi connectivity index (χ0v) is 10.4.